The molecule has 2 N–H and O–H groups in total. The maximum Gasteiger partial charge on any atom is 0.124 e. The van der Waals surface area contributed by atoms with E-state index in [1.807, 2.05) is 0 Å². The summed E-state index contributed by atoms with van der Waals surface area (Å²) in [4.78, 5) is 0. The summed E-state index contributed by atoms with van der Waals surface area (Å²) >= 11 is 0. The van der Waals surface area contributed by atoms with Gasteiger partial charge in [0, 0.05) is 18.0 Å². The Morgan fingerprint density at radius 2 is 2.35 bits per heavy atom. The van der Waals surface area contributed by atoms with Gasteiger partial charge in [-0.05, 0) is 37.6 Å². The Morgan fingerprint density at radius 3 is 3.00 bits per heavy atom. The van der Waals surface area contributed by atoms with Gasteiger partial charge < -0.3 is 15.2 Å². The highest BCUT2D eigenvalue weighted by Crippen LogP contribution is 2.33. The van der Waals surface area contributed by atoms with Crippen LogP contribution in [0.15, 0.2) is 18.2 Å². The molecule has 0 saturated carbocycles. The third-order valence-corrected chi connectivity index (χ3v) is 3.29. The van der Waals surface area contributed by atoms with Crippen molar-refractivity contribution in [2.75, 3.05) is 20.2 Å². The molecule has 1 saturated heterocycles. The average Bonchev–Trinajstić information content (AvgIpc) is 2.39. The summed E-state index contributed by atoms with van der Waals surface area (Å²) < 4.78 is 18.4. The van der Waals surface area contributed by atoms with Gasteiger partial charge in [-0.15, -0.1) is 0 Å². The molecule has 1 aliphatic rings. The summed E-state index contributed by atoms with van der Waals surface area (Å²) in [6.07, 6.45) is 1.32. The van der Waals surface area contributed by atoms with Gasteiger partial charge in [-0.1, -0.05) is 0 Å². The zero-order valence-corrected chi connectivity index (χ0v) is 9.95. The topological polar surface area (TPSA) is 41.5 Å². The van der Waals surface area contributed by atoms with Gasteiger partial charge in [0.1, 0.15) is 11.6 Å². The van der Waals surface area contributed by atoms with Gasteiger partial charge in [-0.3, -0.25) is 0 Å². The first-order valence-corrected chi connectivity index (χ1v) is 5.94. The maximum absolute atomic E-state index is 13.2. The van der Waals surface area contributed by atoms with Crippen LogP contribution >= 0.6 is 0 Å². The first-order valence-electron chi connectivity index (χ1n) is 5.94. The number of aliphatic hydroxyl groups excluding tert-OH is 1. The average molecular weight is 239 g/mol. The summed E-state index contributed by atoms with van der Waals surface area (Å²) in [6, 6.07) is 4.26. The number of halogens is 1. The monoisotopic (exact) mass is 239 g/mol. The predicted molar refractivity (Wildman–Crippen MR) is 63.5 cm³/mol. The number of piperidine rings is 1. The van der Waals surface area contributed by atoms with E-state index in [1.165, 1.54) is 19.2 Å². The van der Waals surface area contributed by atoms with Crippen molar-refractivity contribution in [1.82, 2.24) is 5.32 Å². The van der Waals surface area contributed by atoms with Gasteiger partial charge in [0.2, 0.25) is 0 Å². The number of benzene rings is 1. The van der Waals surface area contributed by atoms with Crippen molar-refractivity contribution in [3.63, 3.8) is 0 Å². The number of hydrogen-bond acceptors (Lipinski definition) is 3. The number of aliphatic hydroxyl groups is 1. The van der Waals surface area contributed by atoms with E-state index < -0.39 is 6.10 Å². The molecular formula is C13H18FNO2. The smallest absolute Gasteiger partial charge is 0.124 e. The SMILES string of the molecule is COc1ccc(F)cc1C(O)C1CCCNC1. The van der Waals surface area contributed by atoms with Crippen molar-refractivity contribution in [3.05, 3.63) is 29.6 Å². The zero-order valence-electron chi connectivity index (χ0n) is 9.95. The second-order valence-electron chi connectivity index (χ2n) is 4.44. The molecule has 1 aliphatic heterocycles. The number of nitrogens with one attached hydrogen (secondary N) is 1. The highest BCUT2D eigenvalue weighted by Gasteiger charge is 2.25. The maximum atomic E-state index is 13.2. The quantitative estimate of drug-likeness (QED) is 0.846. The summed E-state index contributed by atoms with van der Waals surface area (Å²) in [6.45, 7) is 1.75. The molecule has 1 heterocycles. The van der Waals surface area contributed by atoms with Gasteiger partial charge in [-0.2, -0.15) is 0 Å². The summed E-state index contributed by atoms with van der Waals surface area (Å²) in [7, 11) is 1.53. The van der Waals surface area contributed by atoms with Crippen molar-refractivity contribution >= 4 is 0 Å². The van der Waals surface area contributed by atoms with Crippen molar-refractivity contribution in [3.8, 4) is 5.75 Å². The van der Waals surface area contributed by atoms with Gasteiger partial charge in [0.15, 0.2) is 0 Å². The van der Waals surface area contributed by atoms with E-state index >= 15 is 0 Å². The van der Waals surface area contributed by atoms with Crippen LogP contribution in [0.2, 0.25) is 0 Å². The van der Waals surface area contributed by atoms with Crippen LogP contribution in [0, 0.1) is 11.7 Å². The molecule has 4 heteroatoms. The molecule has 2 unspecified atom stereocenters. The van der Waals surface area contributed by atoms with Gasteiger partial charge in [0.05, 0.1) is 13.2 Å². The van der Waals surface area contributed by atoms with Crippen LogP contribution in [0.4, 0.5) is 4.39 Å². The van der Waals surface area contributed by atoms with E-state index in [0.717, 1.165) is 25.9 Å². The van der Waals surface area contributed by atoms with E-state index in [4.69, 9.17) is 4.74 Å². The molecule has 2 rings (SSSR count). The highest BCUT2D eigenvalue weighted by atomic mass is 19.1. The molecule has 0 radical (unpaired) electrons. The van der Waals surface area contributed by atoms with Crippen molar-refractivity contribution in [2.45, 2.75) is 18.9 Å². The lowest BCUT2D eigenvalue weighted by Crippen LogP contribution is -2.33. The molecule has 1 fully saturated rings. The molecule has 3 nitrogen and oxygen atoms in total. The van der Waals surface area contributed by atoms with Crippen LogP contribution in [-0.4, -0.2) is 25.3 Å². The van der Waals surface area contributed by atoms with Crippen molar-refractivity contribution in [1.29, 1.82) is 0 Å². The predicted octanol–water partition coefficient (Wildman–Crippen LogP) is 1.87. The van der Waals surface area contributed by atoms with E-state index in [1.54, 1.807) is 6.07 Å². The van der Waals surface area contributed by atoms with Crippen molar-refractivity contribution in [2.24, 2.45) is 5.92 Å². The Bertz CT molecular complexity index is 378. The minimum atomic E-state index is -0.673. The van der Waals surface area contributed by atoms with Crippen LogP contribution < -0.4 is 10.1 Å². The Hall–Kier alpha value is -1.13. The summed E-state index contributed by atoms with van der Waals surface area (Å²) in [5.74, 6) is 0.326. The lowest BCUT2D eigenvalue weighted by Gasteiger charge is -2.28. The fraction of sp³-hybridized carbons (Fsp3) is 0.538. The Kier molecular flexibility index (Phi) is 3.97. The van der Waals surface area contributed by atoms with E-state index in [-0.39, 0.29) is 11.7 Å². The molecule has 94 valence electrons. The molecule has 0 bridgehead atoms. The largest absolute Gasteiger partial charge is 0.496 e. The first kappa shape index (κ1) is 12.3. The third kappa shape index (κ3) is 2.76. The summed E-state index contributed by atoms with van der Waals surface area (Å²) in [5.41, 5.74) is 0.543. The highest BCUT2D eigenvalue weighted by molar-refractivity contribution is 5.36. The minimum absolute atomic E-state index is 0.124. The fourth-order valence-electron chi connectivity index (χ4n) is 2.34. The van der Waals surface area contributed by atoms with Crippen molar-refractivity contribution < 1.29 is 14.2 Å². The molecular weight excluding hydrogens is 221 g/mol. The minimum Gasteiger partial charge on any atom is -0.496 e. The molecule has 0 aromatic heterocycles. The molecule has 0 aliphatic carbocycles. The Balaban J connectivity index is 2.21. The molecule has 0 spiro atoms. The molecule has 1 aromatic rings. The standard InChI is InChI=1S/C13H18FNO2/c1-17-12-5-4-10(14)7-11(12)13(16)9-3-2-6-15-8-9/h4-5,7,9,13,15-16H,2-3,6,8H2,1H3. The number of rotatable bonds is 3. The number of ether oxygens (including phenoxy) is 1. The van der Waals surface area contributed by atoms with Crippen LogP contribution in [0.5, 0.6) is 5.75 Å². The van der Waals surface area contributed by atoms with Gasteiger partial charge in [0.25, 0.3) is 0 Å². The van der Waals surface area contributed by atoms with E-state index in [0.29, 0.717) is 11.3 Å². The number of hydrogen-bond donors (Lipinski definition) is 2. The summed E-state index contributed by atoms with van der Waals surface area (Å²) in [5, 5.41) is 13.5. The first-order chi connectivity index (χ1) is 8.22. The second-order valence-corrected chi connectivity index (χ2v) is 4.44. The molecule has 0 amide bonds. The normalized spacial score (nSPS) is 22.2. The second kappa shape index (κ2) is 5.47. The van der Waals surface area contributed by atoms with E-state index in [9.17, 15) is 9.50 Å². The lowest BCUT2D eigenvalue weighted by molar-refractivity contribution is 0.0893. The molecule has 1 aromatic carbocycles. The Morgan fingerprint density at radius 1 is 1.53 bits per heavy atom. The fourth-order valence-corrected chi connectivity index (χ4v) is 2.34. The zero-order chi connectivity index (χ0) is 12.3. The van der Waals surface area contributed by atoms with Gasteiger partial charge >= 0.3 is 0 Å². The lowest BCUT2D eigenvalue weighted by atomic mass is 9.89. The van der Waals surface area contributed by atoms with Crippen LogP contribution in [0.25, 0.3) is 0 Å². The van der Waals surface area contributed by atoms with Crippen LogP contribution in [-0.2, 0) is 0 Å². The third-order valence-electron chi connectivity index (χ3n) is 3.29. The molecule has 17 heavy (non-hydrogen) atoms. The van der Waals surface area contributed by atoms with Crippen LogP contribution in [0.3, 0.4) is 0 Å². The van der Waals surface area contributed by atoms with Gasteiger partial charge in [-0.25, -0.2) is 4.39 Å². The van der Waals surface area contributed by atoms with Crippen LogP contribution in [0.1, 0.15) is 24.5 Å². The molecule has 2 atom stereocenters. The van der Waals surface area contributed by atoms with E-state index in [2.05, 4.69) is 5.32 Å². The number of methoxy groups -OCH3 is 1. The Labute approximate surface area is 101 Å².